The van der Waals surface area contributed by atoms with Gasteiger partial charge in [-0.25, -0.2) is 19.9 Å². The highest BCUT2D eigenvalue weighted by Crippen LogP contribution is 2.34. The van der Waals surface area contributed by atoms with Crippen LogP contribution in [-0.2, 0) is 14.9 Å². The van der Waals surface area contributed by atoms with Crippen molar-refractivity contribution >= 4 is 47.9 Å². The first-order valence-electron chi connectivity index (χ1n) is 9.44. The van der Waals surface area contributed by atoms with E-state index in [0.717, 1.165) is 8.95 Å². The van der Waals surface area contributed by atoms with Crippen molar-refractivity contribution < 1.29 is 22.6 Å². The predicted molar refractivity (Wildman–Crippen MR) is 128 cm³/mol. The van der Waals surface area contributed by atoms with Crippen LogP contribution in [0.15, 0.2) is 51.9 Å². The highest BCUT2D eigenvalue weighted by molar-refractivity contribution is 9.10. The molecular formula is C19H20Br2N6O5S. The Morgan fingerprint density at radius 1 is 0.970 bits per heavy atom. The van der Waals surface area contributed by atoms with E-state index in [9.17, 15) is 8.42 Å². The molecule has 0 aliphatic carbocycles. The topological polar surface area (TPSA) is 137 Å². The maximum absolute atomic E-state index is 12.5. The average molecular weight is 604 g/mol. The molecule has 11 nitrogen and oxygen atoms in total. The van der Waals surface area contributed by atoms with Gasteiger partial charge in [0.2, 0.25) is 5.88 Å². The average Bonchev–Trinajstić information content (AvgIpc) is 2.78. The quantitative estimate of drug-likeness (QED) is 0.250. The summed E-state index contributed by atoms with van der Waals surface area (Å²) in [6, 6.07) is 7.38. The van der Waals surface area contributed by atoms with Crippen molar-refractivity contribution in [2.75, 3.05) is 25.0 Å². The standard InChI is InChI=1S/C19H20Br2N6O5S/c1-12(30-2)26-33(28,29)27-17-16(13-3-5-14(20)6-4-13)18(25-11-24-17)31-7-8-32-19-22-9-15(21)10-23-19/h3-6,9-12,26H,7-8H2,1-2H3,(H,24,25,27). The van der Waals surface area contributed by atoms with E-state index >= 15 is 0 Å². The molecule has 0 aliphatic rings. The number of hydrogen-bond donors (Lipinski definition) is 2. The monoisotopic (exact) mass is 602 g/mol. The predicted octanol–water partition coefficient (Wildman–Crippen LogP) is 3.16. The number of anilines is 1. The van der Waals surface area contributed by atoms with Crippen LogP contribution in [0.4, 0.5) is 5.82 Å². The second kappa shape index (κ2) is 11.7. The van der Waals surface area contributed by atoms with Crippen molar-refractivity contribution in [3.05, 3.63) is 51.9 Å². The van der Waals surface area contributed by atoms with Crippen LogP contribution in [0.5, 0.6) is 11.9 Å². The summed E-state index contributed by atoms with van der Waals surface area (Å²) < 4.78 is 47.6. The molecule has 0 saturated carbocycles. The molecule has 14 heteroatoms. The third-order valence-electron chi connectivity index (χ3n) is 4.00. The first-order valence-corrected chi connectivity index (χ1v) is 12.5. The van der Waals surface area contributed by atoms with E-state index in [1.54, 1.807) is 31.5 Å². The Bertz CT molecular complexity index is 1170. The SMILES string of the molecule is COC(C)NS(=O)(=O)Nc1ncnc(OCCOc2ncc(Br)cn2)c1-c1ccc(Br)cc1. The minimum absolute atomic E-state index is 0.0373. The lowest BCUT2D eigenvalue weighted by Crippen LogP contribution is -2.38. The zero-order chi connectivity index (χ0) is 23.8. The lowest BCUT2D eigenvalue weighted by molar-refractivity contribution is 0.110. The summed E-state index contributed by atoms with van der Waals surface area (Å²) in [5.41, 5.74) is 1.00. The number of rotatable bonds is 11. The second-order valence-corrected chi connectivity index (χ2v) is 9.67. The van der Waals surface area contributed by atoms with Gasteiger partial charge in [-0.15, -0.1) is 0 Å². The first-order chi connectivity index (χ1) is 15.8. The Morgan fingerprint density at radius 2 is 1.64 bits per heavy atom. The Labute approximate surface area is 207 Å². The van der Waals surface area contributed by atoms with Crippen molar-refractivity contribution in [3.63, 3.8) is 0 Å². The molecular weight excluding hydrogens is 584 g/mol. The summed E-state index contributed by atoms with van der Waals surface area (Å²) in [5.74, 6) is 0.209. The molecule has 0 fully saturated rings. The number of hydrogen-bond acceptors (Lipinski definition) is 9. The van der Waals surface area contributed by atoms with E-state index in [2.05, 4.69) is 61.2 Å². The molecule has 0 bridgehead atoms. The molecule has 0 saturated heterocycles. The summed E-state index contributed by atoms with van der Waals surface area (Å²) in [4.78, 5) is 16.3. The zero-order valence-electron chi connectivity index (χ0n) is 17.5. The van der Waals surface area contributed by atoms with Gasteiger partial charge in [-0.05, 0) is 40.5 Å². The minimum Gasteiger partial charge on any atom is -0.473 e. The van der Waals surface area contributed by atoms with Crippen LogP contribution in [0, 0.1) is 0 Å². The van der Waals surface area contributed by atoms with E-state index in [1.165, 1.54) is 13.4 Å². The summed E-state index contributed by atoms with van der Waals surface area (Å²) in [7, 11) is -2.60. The highest BCUT2D eigenvalue weighted by atomic mass is 79.9. The van der Waals surface area contributed by atoms with Gasteiger partial charge in [0, 0.05) is 24.0 Å². The van der Waals surface area contributed by atoms with Crippen LogP contribution in [0.2, 0.25) is 0 Å². The van der Waals surface area contributed by atoms with Crippen molar-refractivity contribution in [2.24, 2.45) is 0 Å². The molecule has 0 aliphatic heterocycles. The van der Waals surface area contributed by atoms with Gasteiger partial charge in [-0.3, -0.25) is 4.72 Å². The largest absolute Gasteiger partial charge is 0.473 e. The molecule has 1 unspecified atom stereocenters. The number of methoxy groups -OCH3 is 1. The number of halogens is 2. The fourth-order valence-corrected chi connectivity index (χ4v) is 3.97. The van der Waals surface area contributed by atoms with Gasteiger partial charge in [0.05, 0.1) is 10.0 Å². The maximum atomic E-state index is 12.5. The fourth-order valence-electron chi connectivity index (χ4n) is 2.50. The van der Waals surface area contributed by atoms with Gasteiger partial charge < -0.3 is 14.2 Å². The zero-order valence-corrected chi connectivity index (χ0v) is 21.5. The fraction of sp³-hybridized carbons (Fsp3) is 0.263. The summed E-state index contributed by atoms with van der Waals surface area (Å²) in [6.45, 7) is 1.79. The smallest absolute Gasteiger partial charge is 0.316 e. The number of nitrogens with one attached hydrogen (secondary N) is 2. The molecule has 0 amide bonds. The maximum Gasteiger partial charge on any atom is 0.316 e. The van der Waals surface area contributed by atoms with Gasteiger partial charge >= 0.3 is 16.2 Å². The Balaban J connectivity index is 1.82. The third-order valence-corrected chi connectivity index (χ3v) is 6.04. The van der Waals surface area contributed by atoms with Crippen LogP contribution < -0.4 is 18.9 Å². The number of nitrogens with zero attached hydrogens (tertiary/aromatic N) is 4. The molecule has 2 aromatic heterocycles. The Kier molecular flexibility index (Phi) is 8.91. The molecule has 2 N–H and O–H groups in total. The molecule has 3 rings (SSSR count). The lowest BCUT2D eigenvalue weighted by Gasteiger charge is -2.17. The molecule has 176 valence electrons. The molecule has 0 spiro atoms. The molecule has 1 atom stereocenters. The number of ether oxygens (including phenoxy) is 3. The van der Waals surface area contributed by atoms with Crippen LogP contribution >= 0.6 is 31.9 Å². The van der Waals surface area contributed by atoms with Gasteiger partial charge in [0.25, 0.3) is 0 Å². The molecule has 0 radical (unpaired) electrons. The van der Waals surface area contributed by atoms with Crippen molar-refractivity contribution in [2.45, 2.75) is 13.2 Å². The van der Waals surface area contributed by atoms with Crippen molar-refractivity contribution in [3.8, 4) is 23.0 Å². The van der Waals surface area contributed by atoms with Crippen LogP contribution in [-0.4, -0.2) is 54.9 Å². The van der Waals surface area contributed by atoms with Crippen molar-refractivity contribution in [1.29, 1.82) is 0 Å². The van der Waals surface area contributed by atoms with E-state index < -0.39 is 16.4 Å². The first kappa shape index (κ1) is 25.2. The van der Waals surface area contributed by atoms with E-state index in [1.807, 2.05) is 12.1 Å². The second-order valence-electron chi connectivity index (χ2n) is 6.39. The van der Waals surface area contributed by atoms with E-state index in [0.29, 0.717) is 11.1 Å². The normalized spacial score (nSPS) is 12.2. The van der Waals surface area contributed by atoms with Crippen LogP contribution in [0.25, 0.3) is 11.1 Å². The van der Waals surface area contributed by atoms with E-state index in [4.69, 9.17) is 14.2 Å². The van der Waals surface area contributed by atoms with Crippen LogP contribution in [0.1, 0.15) is 6.92 Å². The number of aromatic nitrogens is 4. The lowest BCUT2D eigenvalue weighted by atomic mass is 10.1. The Morgan fingerprint density at radius 3 is 2.30 bits per heavy atom. The third kappa shape index (κ3) is 7.57. The van der Waals surface area contributed by atoms with Gasteiger partial charge in [0.15, 0.2) is 5.82 Å². The van der Waals surface area contributed by atoms with E-state index in [-0.39, 0.29) is 30.9 Å². The van der Waals surface area contributed by atoms with Crippen LogP contribution in [0.3, 0.4) is 0 Å². The summed E-state index contributed by atoms with van der Waals surface area (Å²) in [6.07, 6.45) is 3.59. The molecule has 2 heterocycles. The minimum atomic E-state index is -3.99. The van der Waals surface area contributed by atoms with Gasteiger partial charge in [0.1, 0.15) is 25.8 Å². The molecule has 33 heavy (non-hydrogen) atoms. The highest BCUT2D eigenvalue weighted by Gasteiger charge is 2.21. The summed E-state index contributed by atoms with van der Waals surface area (Å²) >= 11 is 6.64. The van der Waals surface area contributed by atoms with Gasteiger partial charge in [-0.1, -0.05) is 28.1 Å². The summed E-state index contributed by atoms with van der Waals surface area (Å²) in [5, 5.41) is 0. The molecule has 3 aromatic rings. The number of benzene rings is 1. The van der Waals surface area contributed by atoms with Crippen molar-refractivity contribution in [1.82, 2.24) is 24.7 Å². The van der Waals surface area contributed by atoms with Gasteiger partial charge in [-0.2, -0.15) is 13.1 Å². The Hall–Kier alpha value is -2.39. The molecule has 1 aromatic carbocycles.